The van der Waals surface area contributed by atoms with Crippen molar-refractivity contribution in [2.24, 2.45) is 0 Å². The number of hydrogen-bond donors (Lipinski definition) is 0. The molecule has 0 aromatic heterocycles. The highest BCUT2D eigenvalue weighted by Crippen LogP contribution is 2.22. The van der Waals surface area contributed by atoms with Crippen LogP contribution in [0.2, 0.25) is 0 Å². The molecule has 158 valence electrons. The van der Waals surface area contributed by atoms with Gasteiger partial charge in [0, 0.05) is 54.4 Å². The SMILES string of the molecule is O=C(/C=C/c1cc(Br)ccc1F)N1CCN(S(=O)(=O)c2cccc([N+](=O)[O-])c2)CC1. The van der Waals surface area contributed by atoms with Gasteiger partial charge in [-0.3, -0.25) is 14.9 Å². The van der Waals surface area contributed by atoms with Gasteiger partial charge in [-0.1, -0.05) is 22.0 Å². The summed E-state index contributed by atoms with van der Waals surface area (Å²) in [6, 6.07) is 9.23. The lowest BCUT2D eigenvalue weighted by molar-refractivity contribution is -0.385. The van der Waals surface area contributed by atoms with E-state index in [1.165, 1.54) is 45.6 Å². The number of nitro groups is 1. The lowest BCUT2D eigenvalue weighted by Crippen LogP contribution is -2.50. The monoisotopic (exact) mass is 497 g/mol. The summed E-state index contributed by atoms with van der Waals surface area (Å²) in [6.07, 6.45) is 2.62. The Morgan fingerprint density at radius 1 is 1.13 bits per heavy atom. The highest BCUT2D eigenvalue weighted by Gasteiger charge is 2.30. The Labute approximate surface area is 180 Å². The molecule has 11 heteroatoms. The number of halogens is 2. The van der Waals surface area contributed by atoms with Gasteiger partial charge >= 0.3 is 0 Å². The number of hydrogen-bond acceptors (Lipinski definition) is 5. The second-order valence-corrected chi connectivity index (χ2v) is 9.34. The zero-order valence-corrected chi connectivity index (χ0v) is 18.0. The zero-order valence-electron chi connectivity index (χ0n) is 15.6. The van der Waals surface area contributed by atoms with Crippen molar-refractivity contribution in [3.05, 3.63) is 74.5 Å². The van der Waals surface area contributed by atoms with Crippen LogP contribution in [0, 0.1) is 15.9 Å². The van der Waals surface area contributed by atoms with Crippen LogP contribution in [0.5, 0.6) is 0 Å². The van der Waals surface area contributed by atoms with Crippen molar-refractivity contribution >= 4 is 43.6 Å². The molecule has 0 N–H and O–H groups in total. The fourth-order valence-corrected chi connectivity index (χ4v) is 4.81. The molecule has 1 aliphatic rings. The minimum absolute atomic E-state index is 0.0514. The summed E-state index contributed by atoms with van der Waals surface area (Å²) >= 11 is 3.24. The summed E-state index contributed by atoms with van der Waals surface area (Å²) in [7, 11) is -3.91. The normalized spacial score (nSPS) is 15.5. The molecule has 3 rings (SSSR count). The predicted octanol–water partition coefficient (Wildman–Crippen LogP) is 3.04. The van der Waals surface area contributed by atoms with Crippen molar-refractivity contribution in [2.45, 2.75) is 4.90 Å². The third-order valence-electron chi connectivity index (χ3n) is 4.58. The van der Waals surface area contributed by atoms with Gasteiger partial charge in [-0.15, -0.1) is 0 Å². The largest absolute Gasteiger partial charge is 0.337 e. The van der Waals surface area contributed by atoms with Crippen LogP contribution in [0.3, 0.4) is 0 Å². The van der Waals surface area contributed by atoms with Crippen LogP contribution in [0.25, 0.3) is 6.08 Å². The first-order valence-corrected chi connectivity index (χ1v) is 11.1. The number of carbonyl (C=O) groups is 1. The van der Waals surface area contributed by atoms with Crippen molar-refractivity contribution in [3.63, 3.8) is 0 Å². The van der Waals surface area contributed by atoms with Gasteiger partial charge in [0.25, 0.3) is 5.69 Å². The third-order valence-corrected chi connectivity index (χ3v) is 6.97. The topological polar surface area (TPSA) is 101 Å². The molecular formula is C19H17BrFN3O5S. The van der Waals surface area contributed by atoms with E-state index < -0.39 is 20.8 Å². The quantitative estimate of drug-likeness (QED) is 0.359. The lowest BCUT2D eigenvalue weighted by atomic mass is 10.2. The number of non-ortho nitro benzene ring substituents is 1. The maximum Gasteiger partial charge on any atom is 0.270 e. The fourth-order valence-electron chi connectivity index (χ4n) is 2.96. The average molecular weight is 498 g/mol. The van der Waals surface area contributed by atoms with Gasteiger partial charge in [0.2, 0.25) is 15.9 Å². The van der Waals surface area contributed by atoms with Gasteiger partial charge in [-0.25, -0.2) is 12.8 Å². The molecule has 1 aliphatic heterocycles. The third kappa shape index (κ3) is 4.91. The molecule has 1 heterocycles. The molecule has 0 radical (unpaired) electrons. The van der Waals surface area contributed by atoms with Gasteiger partial charge in [0.1, 0.15) is 5.82 Å². The molecule has 1 fully saturated rings. The summed E-state index contributed by atoms with van der Waals surface area (Å²) in [6.45, 7) is 0.405. The second-order valence-electron chi connectivity index (χ2n) is 6.48. The molecule has 1 amide bonds. The van der Waals surface area contributed by atoms with Gasteiger partial charge in [-0.05, 0) is 30.3 Å². The molecule has 2 aromatic rings. The number of amides is 1. The molecule has 1 saturated heterocycles. The first-order valence-electron chi connectivity index (χ1n) is 8.85. The Balaban J connectivity index is 1.66. The van der Waals surface area contributed by atoms with E-state index in [0.717, 1.165) is 6.07 Å². The van der Waals surface area contributed by atoms with Crippen molar-refractivity contribution in [1.82, 2.24) is 9.21 Å². The highest BCUT2D eigenvalue weighted by atomic mass is 79.9. The summed E-state index contributed by atoms with van der Waals surface area (Å²) in [5.74, 6) is -0.822. The first kappa shape index (κ1) is 22.1. The number of piperazine rings is 1. The van der Waals surface area contributed by atoms with Crippen molar-refractivity contribution in [2.75, 3.05) is 26.2 Å². The average Bonchev–Trinajstić information content (AvgIpc) is 2.74. The summed E-state index contributed by atoms with van der Waals surface area (Å²) < 4.78 is 41.2. The van der Waals surface area contributed by atoms with Gasteiger partial charge in [-0.2, -0.15) is 4.31 Å². The molecule has 0 atom stereocenters. The number of nitro benzene ring substituents is 1. The number of nitrogens with zero attached hydrogens (tertiary/aromatic N) is 3. The van der Waals surface area contributed by atoms with Crippen LogP contribution >= 0.6 is 15.9 Å². The highest BCUT2D eigenvalue weighted by molar-refractivity contribution is 9.10. The fraction of sp³-hybridized carbons (Fsp3) is 0.211. The molecule has 0 unspecified atom stereocenters. The van der Waals surface area contributed by atoms with E-state index >= 15 is 0 Å². The Morgan fingerprint density at radius 3 is 2.50 bits per heavy atom. The number of rotatable bonds is 5. The Bertz CT molecular complexity index is 1110. The maximum atomic E-state index is 13.8. The van der Waals surface area contributed by atoms with Crippen molar-refractivity contribution in [1.29, 1.82) is 0 Å². The molecule has 0 spiro atoms. The molecular weight excluding hydrogens is 481 g/mol. The van der Waals surface area contributed by atoms with Crippen LogP contribution in [-0.4, -0.2) is 54.6 Å². The maximum absolute atomic E-state index is 13.8. The minimum atomic E-state index is -3.91. The molecule has 0 bridgehead atoms. The number of sulfonamides is 1. The Hall–Kier alpha value is -2.63. The van der Waals surface area contributed by atoms with E-state index in [9.17, 15) is 27.7 Å². The lowest BCUT2D eigenvalue weighted by Gasteiger charge is -2.33. The van der Waals surface area contributed by atoms with Gasteiger partial charge in [0.05, 0.1) is 9.82 Å². The minimum Gasteiger partial charge on any atom is -0.337 e. The van der Waals surface area contributed by atoms with Crippen LogP contribution in [0.15, 0.2) is 57.9 Å². The summed E-state index contributed by atoms with van der Waals surface area (Å²) in [5, 5.41) is 10.9. The summed E-state index contributed by atoms with van der Waals surface area (Å²) in [5.41, 5.74) is -0.0561. The van der Waals surface area contributed by atoms with E-state index in [4.69, 9.17) is 0 Å². The molecule has 8 nitrogen and oxygen atoms in total. The molecule has 0 aliphatic carbocycles. The zero-order chi connectivity index (χ0) is 21.9. The Morgan fingerprint density at radius 2 is 1.83 bits per heavy atom. The van der Waals surface area contributed by atoms with E-state index in [0.29, 0.717) is 4.47 Å². The number of carbonyl (C=O) groups excluding carboxylic acids is 1. The van der Waals surface area contributed by atoms with Crippen molar-refractivity contribution in [3.8, 4) is 0 Å². The molecule has 0 saturated carbocycles. The van der Waals surface area contributed by atoms with E-state index in [1.54, 1.807) is 12.1 Å². The first-order chi connectivity index (χ1) is 14.2. The van der Waals surface area contributed by atoms with E-state index in [2.05, 4.69) is 15.9 Å². The molecule has 30 heavy (non-hydrogen) atoms. The Kier molecular flexibility index (Phi) is 6.64. The second kappa shape index (κ2) is 9.02. The molecule has 2 aromatic carbocycles. The van der Waals surface area contributed by atoms with Gasteiger partial charge < -0.3 is 4.90 Å². The van der Waals surface area contributed by atoms with Crippen LogP contribution < -0.4 is 0 Å². The van der Waals surface area contributed by atoms with E-state index in [1.807, 2.05) is 0 Å². The van der Waals surface area contributed by atoms with Crippen LogP contribution in [-0.2, 0) is 14.8 Å². The summed E-state index contributed by atoms with van der Waals surface area (Å²) in [4.78, 5) is 23.9. The van der Waals surface area contributed by atoms with Crippen LogP contribution in [0.1, 0.15) is 5.56 Å². The van der Waals surface area contributed by atoms with Gasteiger partial charge in [0.15, 0.2) is 0 Å². The standard InChI is InChI=1S/C19H17BrFN3O5S/c20-15-5-6-18(21)14(12-15)4-7-19(25)22-8-10-23(11-9-22)30(28,29)17-3-1-2-16(13-17)24(26)27/h1-7,12-13H,8-11H2/b7-4+. The smallest absolute Gasteiger partial charge is 0.270 e. The van der Waals surface area contributed by atoms with Crippen LogP contribution in [0.4, 0.5) is 10.1 Å². The van der Waals surface area contributed by atoms with E-state index in [-0.39, 0.29) is 48.2 Å². The predicted molar refractivity (Wildman–Crippen MR) is 112 cm³/mol. The van der Waals surface area contributed by atoms with Crippen molar-refractivity contribution < 1.29 is 22.5 Å². The number of benzene rings is 2.